The number of fused-ring (bicyclic) bond motifs is 1. The van der Waals surface area contributed by atoms with E-state index < -0.39 is 11.9 Å². The van der Waals surface area contributed by atoms with Crippen molar-refractivity contribution in [3.8, 4) is 10.6 Å². The number of aromatic nitrogens is 1. The van der Waals surface area contributed by atoms with Gasteiger partial charge in [0.25, 0.3) is 5.91 Å². The smallest absolute Gasteiger partial charge is 0.257 e. The van der Waals surface area contributed by atoms with Crippen molar-refractivity contribution in [1.29, 1.82) is 0 Å². The predicted octanol–water partition coefficient (Wildman–Crippen LogP) is 5.96. The highest BCUT2D eigenvalue weighted by atomic mass is 32.1. The summed E-state index contributed by atoms with van der Waals surface area (Å²) >= 11 is 1.61. The average Bonchev–Trinajstić information content (AvgIpc) is 3.55. The Labute approximate surface area is 219 Å². The van der Waals surface area contributed by atoms with Crippen molar-refractivity contribution in [3.63, 3.8) is 0 Å². The zero-order valence-electron chi connectivity index (χ0n) is 21.4. The zero-order chi connectivity index (χ0) is 26.3. The Kier molecular flexibility index (Phi) is 6.45. The van der Waals surface area contributed by atoms with E-state index in [0.29, 0.717) is 11.4 Å². The third-order valence-corrected chi connectivity index (χ3v) is 7.39. The molecular weight excluding hydrogens is 486 g/mol. The first kappa shape index (κ1) is 24.9. The number of hydrogen-bond donors (Lipinski definition) is 0. The molecule has 2 aromatic carbocycles. The Bertz CT molecular complexity index is 1470. The number of hydrogen-bond acceptors (Lipinski definition) is 6. The molecule has 1 fully saturated rings. The summed E-state index contributed by atoms with van der Waals surface area (Å²) in [4.78, 5) is 47.2. The van der Waals surface area contributed by atoms with Gasteiger partial charge in [0, 0.05) is 12.0 Å². The Balaban J connectivity index is 1.39. The highest BCUT2D eigenvalue weighted by Gasteiger charge is 2.45. The molecule has 7 nitrogen and oxygen atoms in total. The molecule has 1 aliphatic heterocycles. The molecule has 3 amide bonds. The van der Waals surface area contributed by atoms with Crippen LogP contribution in [-0.4, -0.2) is 33.6 Å². The van der Waals surface area contributed by atoms with E-state index in [4.69, 9.17) is 9.40 Å². The monoisotopic (exact) mass is 515 g/mol. The van der Waals surface area contributed by atoms with Crippen LogP contribution in [0.5, 0.6) is 0 Å². The van der Waals surface area contributed by atoms with E-state index in [1.807, 2.05) is 45.0 Å². The number of nitrogens with zero attached hydrogens (tertiary/aromatic N) is 3. The van der Waals surface area contributed by atoms with E-state index in [1.165, 1.54) is 21.6 Å². The second-order valence-electron chi connectivity index (χ2n) is 10.7. The van der Waals surface area contributed by atoms with Crippen molar-refractivity contribution in [3.05, 3.63) is 72.2 Å². The van der Waals surface area contributed by atoms with Gasteiger partial charge in [-0.3, -0.25) is 14.4 Å². The van der Waals surface area contributed by atoms with E-state index in [1.54, 1.807) is 35.6 Å². The first-order valence-corrected chi connectivity index (χ1v) is 13.1. The van der Waals surface area contributed by atoms with Crippen LogP contribution in [0.25, 0.3) is 20.8 Å². The minimum absolute atomic E-state index is 0.0611. The largest absolute Gasteiger partial charge is 0.467 e. The SMILES string of the molecule is Cc1ccc2nc(-c3ccc(N4C(=O)CC(N(Cc5ccco5)C(=O)CC(C)(C)C)C4=O)cc3)sc2c1. The molecule has 5 rings (SSSR count). The molecule has 0 saturated carbocycles. The van der Waals surface area contributed by atoms with Gasteiger partial charge in [-0.2, -0.15) is 0 Å². The van der Waals surface area contributed by atoms with E-state index in [-0.39, 0.29) is 36.6 Å². The van der Waals surface area contributed by atoms with E-state index in [2.05, 4.69) is 13.0 Å². The molecule has 1 aliphatic rings. The maximum atomic E-state index is 13.5. The number of rotatable bonds is 6. The number of anilines is 1. The molecule has 0 spiro atoms. The average molecular weight is 516 g/mol. The number of benzene rings is 2. The van der Waals surface area contributed by atoms with Crippen LogP contribution in [0.2, 0.25) is 0 Å². The molecule has 4 aromatic rings. The quantitative estimate of drug-likeness (QED) is 0.296. The van der Waals surface area contributed by atoms with Crippen LogP contribution in [0.3, 0.4) is 0 Å². The molecule has 1 unspecified atom stereocenters. The number of amides is 3. The number of carbonyl (C=O) groups is 3. The van der Waals surface area contributed by atoms with Gasteiger partial charge >= 0.3 is 0 Å². The van der Waals surface area contributed by atoms with Crippen molar-refractivity contribution in [2.24, 2.45) is 5.41 Å². The number of carbonyl (C=O) groups excluding carboxylic acids is 3. The number of aryl methyl sites for hydroxylation is 1. The van der Waals surface area contributed by atoms with Crippen LogP contribution in [0.15, 0.2) is 65.3 Å². The van der Waals surface area contributed by atoms with Gasteiger partial charge in [0.05, 0.1) is 35.1 Å². The van der Waals surface area contributed by atoms with Crippen LogP contribution < -0.4 is 4.90 Å². The second kappa shape index (κ2) is 9.59. The van der Waals surface area contributed by atoms with Crippen LogP contribution in [0, 0.1) is 12.3 Å². The van der Waals surface area contributed by atoms with Crippen LogP contribution in [-0.2, 0) is 20.9 Å². The lowest BCUT2D eigenvalue weighted by atomic mass is 9.91. The molecule has 3 heterocycles. The molecule has 0 aliphatic carbocycles. The third kappa shape index (κ3) is 5.20. The third-order valence-electron chi connectivity index (χ3n) is 6.32. The van der Waals surface area contributed by atoms with Gasteiger partial charge in [0.1, 0.15) is 16.8 Å². The molecule has 37 heavy (non-hydrogen) atoms. The van der Waals surface area contributed by atoms with Crippen LogP contribution in [0.4, 0.5) is 5.69 Å². The maximum Gasteiger partial charge on any atom is 0.257 e. The Hall–Kier alpha value is -3.78. The molecule has 0 N–H and O–H groups in total. The first-order valence-electron chi connectivity index (χ1n) is 12.3. The summed E-state index contributed by atoms with van der Waals surface area (Å²) in [6.45, 7) is 8.10. The summed E-state index contributed by atoms with van der Waals surface area (Å²) in [5.74, 6) is -0.345. The predicted molar refractivity (Wildman–Crippen MR) is 144 cm³/mol. The second-order valence-corrected chi connectivity index (χ2v) is 11.7. The van der Waals surface area contributed by atoms with Crippen molar-refractivity contribution in [2.45, 2.75) is 53.1 Å². The molecule has 0 radical (unpaired) electrons. The van der Waals surface area contributed by atoms with Crippen LogP contribution >= 0.6 is 11.3 Å². The van der Waals surface area contributed by atoms with Gasteiger partial charge in [-0.05, 0) is 66.4 Å². The topological polar surface area (TPSA) is 83.7 Å². The normalized spacial score (nSPS) is 16.1. The zero-order valence-corrected chi connectivity index (χ0v) is 22.2. The molecular formula is C29H29N3O4S. The fourth-order valence-corrected chi connectivity index (χ4v) is 5.61. The highest BCUT2D eigenvalue weighted by molar-refractivity contribution is 7.21. The first-order chi connectivity index (χ1) is 17.6. The van der Waals surface area contributed by atoms with E-state index >= 15 is 0 Å². The highest BCUT2D eigenvalue weighted by Crippen LogP contribution is 2.34. The van der Waals surface area contributed by atoms with Crippen molar-refractivity contribution < 1.29 is 18.8 Å². The fourth-order valence-electron chi connectivity index (χ4n) is 4.54. The summed E-state index contributed by atoms with van der Waals surface area (Å²) in [5, 5.41) is 0.876. The molecule has 8 heteroatoms. The molecule has 0 bridgehead atoms. The molecule has 190 valence electrons. The summed E-state index contributed by atoms with van der Waals surface area (Å²) in [7, 11) is 0. The molecule has 1 atom stereocenters. The lowest BCUT2D eigenvalue weighted by molar-refractivity contribution is -0.140. The number of imide groups is 1. The number of furan rings is 1. The van der Waals surface area contributed by atoms with Gasteiger partial charge in [-0.1, -0.05) is 26.8 Å². The fraction of sp³-hybridized carbons (Fsp3) is 0.310. The van der Waals surface area contributed by atoms with Crippen LogP contribution in [0.1, 0.15) is 44.9 Å². The van der Waals surface area contributed by atoms with Crippen molar-refractivity contribution in [1.82, 2.24) is 9.88 Å². The lowest BCUT2D eigenvalue weighted by Gasteiger charge is -2.29. The summed E-state index contributed by atoms with van der Waals surface area (Å²) in [5.41, 5.74) is 3.26. The van der Waals surface area contributed by atoms with Gasteiger partial charge in [-0.25, -0.2) is 9.88 Å². The summed E-state index contributed by atoms with van der Waals surface area (Å²) < 4.78 is 6.57. The molecule has 1 saturated heterocycles. The Morgan fingerprint density at radius 1 is 1.14 bits per heavy atom. The molecule has 2 aromatic heterocycles. The maximum absolute atomic E-state index is 13.5. The minimum atomic E-state index is -0.875. The summed E-state index contributed by atoms with van der Waals surface area (Å²) in [6, 6.07) is 16.1. The van der Waals surface area contributed by atoms with Gasteiger partial charge in [0.2, 0.25) is 11.8 Å². The van der Waals surface area contributed by atoms with E-state index in [9.17, 15) is 14.4 Å². The van der Waals surface area contributed by atoms with Gasteiger partial charge < -0.3 is 9.32 Å². The Morgan fingerprint density at radius 3 is 2.57 bits per heavy atom. The summed E-state index contributed by atoms with van der Waals surface area (Å²) in [6.07, 6.45) is 1.72. The standard InChI is InChI=1S/C29H29N3O4S/c1-18-7-12-22-24(14-18)37-27(30-22)19-8-10-20(11-9-19)32-25(33)15-23(28(32)35)31(17-21-6-5-13-36-21)26(34)16-29(2,3)4/h5-14,23H,15-17H2,1-4H3. The van der Waals surface area contributed by atoms with Gasteiger partial charge in [0.15, 0.2) is 0 Å². The van der Waals surface area contributed by atoms with E-state index in [0.717, 1.165) is 20.8 Å². The minimum Gasteiger partial charge on any atom is -0.467 e. The van der Waals surface area contributed by atoms with Crippen molar-refractivity contribution in [2.75, 3.05) is 4.90 Å². The Morgan fingerprint density at radius 2 is 1.89 bits per heavy atom. The van der Waals surface area contributed by atoms with Gasteiger partial charge in [-0.15, -0.1) is 11.3 Å². The lowest BCUT2D eigenvalue weighted by Crippen LogP contribution is -2.45. The van der Waals surface area contributed by atoms with Crippen molar-refractivity contribution >= 4 is 45.0 Å². The number of thiazole rings is 1.